The zero-order valence-corrected chi connectivity index (χ0v) is 13.4. The van der Waals surface area contributed by atoms with Crippen molar-refractivity contribution in [2.45, 2.75) is 0 Å². The highest BCUT2D eigenvalue weighted by molar-refractivity contribution is 9.10. The predicted octanol–water partition coefficient (Wildman–Crippen LogP) is 4.01. The Labute approximate surface area is 135 Å². The van der Waals surface area contributed by atoms with Crippen LogP contribution in [0.3, 0.4) is 0 Å². The Hall–Kier alpha value is -2.40. The molecule has 3 aromatic rings. The molecule has 110 valence electrons. The van der Waals surface area contributed by atoms with Gasteiger partial charge in [-0.05, 0) is 48.5 Å². The van der Waals surface area contributed by atoms with Gasteiger partial charge < -0.3 is 9.88 Å². The maximum absolute atomic E-state index is 12.2. The number of rotatable bonds is 3. The highest BCUT2D eigenvalue weighted by Gasteiger charge is 2.09. The third-order valence-corrected chi connectivity index (χ3v) is 4.09. The molecule has 1 aromatic heterocycles. The van der Waals surface area contributed by atoms with E-state index in [1.807, 2.05) is 41.9 Å². The van der Waals surface area contributed by atoms with Crippen molar-refractivity contribution in [1.82, 2.24) is 4.57 Å². The molecule has 0 saturated heterocycles. The van der Waals surface area contributed by atoms with E-state index in [-0.39, 0.29) is 5.91 Å². The van der Waals surface area contributed by atoms with Gasteiger partial charge in [-0.25, -0.2) is 0 Å². The molecule has 0 saturated carbocycles. The maximum Gasteiger partial charge on any atom is 0.255 e. The van der Waals surface area contributed by atoms with E-state index in [0.29, 0.717) is 16.9 Å². The average Bonchev–Trinajstić information content (AvgIpc) is 2.83. The van der Waals surface area contributed by atoms with E-state index in [2.05, 4.69) is 21.2 Å². The van der Waals surface area contributed by atoms with Crippen molar-refractivity contribution in [2.24, 2.45) is 7.05 Å². The first-order valence-electron chi connectivity index (χ1n) is 6.70. The second kappa shape index (κ2) is 5.77. The van der Waals surface area contributed by atoms with Gasteiger partial charge in [0.1, 0.15) is 0 Å². The fourth-order valence-electron chi connectivity index (χ4n) is 2.37. The summed E-state index contributed by atoms with van der Waals surface area (Å²) in [6.45, 7) is 0. The molecule has 22 heavy (non-hydrogen) atoms. The molecule has 4 nitrogen and oxygen atoms in total. The standard InChI is InChI=1S/C17H13BrN2O2/c1-20-15(10-21)9-12-8-14(6-7-16(12)20)19-17(22)11-2-4-13(18)5-3-11/h2-10H,1H3,(H,19,22). The van der Waals surface area contributed by atoms with Crippen LogP contribution in [-0.4, -0.2) is 16.8 Å². The van der Waals surface area contributed by atoms with Crippen LogP contribution in [0, 0.1) is 0 Å². The third-order valence-electron chi connectivity index (χ3n) is 3.56. The second-order valence-corrected chi connectivity index (χ2v) is 5.90. The summed E-state index contributed by atoms with van der Waals surface area (Å²) < 4.78 is 2.75. The topological polar surface area (TPSA) is 51.1 Å². The van der Waals surface area contributed by atoms with Gasteiger partial charge >= 0.3 is 0 Å². The van der Waals surface area contributed by atoms with Gasteiger partial charge in [-0.2, -0.15) is 0 Å². The molecule has 0 spiro atoms. The van der Waals surface area contributed by atoms with Crippen molar-refractivity contribution in [1.29, 1.82) is 0 Å². The van der Waals surface area contributed by atoms with Crippen LogP contribution in [-0.2, 0) is 7.05 Å². The van der Waals surface area contributed by atoms with E-state index >= 15 is 0 Å². The van der Waals surface area contributed by atoms with Crippen LogP contribution in [0.4, 0.5) is 5.69 Å². The number of carbonyl (C=O) groups excluding carboxylic acids is 2. The minimum Gasteiger partial charge on any atom is -0.341 e. The SMILES string of the molecule is Cn1c(C=O)cc2cc(NC(=O)c3ccc(Br)cc3)ccc21. The first kappa shape index (κ1) is 14.5. The van der Waals surface area contributed by atoms with Gasteiger partial charge in [0, 0.05) is 33.7 Å². The average molecular weight is 357 g/mol. The summed E-state index contributed by atoms with van der Waals surface area (Å²) in [5.41, 5.74) is 2.84. The minimum atomic E-state index is -0.168. The molecule has 0 aliphatic heterocycles. The lowest BCUT2D eigenvalue weighted by atomic mass is 10.2. The van der Waals surface area contributed by atoms with E-state index < -0.39 is 0 Å². The number of benzene rings is 2. The zero-order valence-electron chi connectivity index (χ0n) is 11.8. The first-order valence-corrected chi connectivity index (χ1v) is 7.49. The van der Waals surface area contributed by atoms with Crippen LogP contribution >= 0.6 is 15.9 Å². The number of anilines is 1. The number of aromatic nitrogens is 1. The Morgan fingerprint density at radius 3 is 2.55 bits per heavy atom. The number of hydrogen-bond acceptors (Lipinski definition) is 2. The minimum absolute atomic E-state index is 0.168. The molecule has 0 radical (unpaired) electrons. The van der Waals surface area contributed by atoms with Gasteiger partial charge in [0.2, 0.25) is 0 Å². The number of nitrogens with zero attached hydrogens (tertiary/aromatic N) is 1. The van der Waals surface area contributed by atoms with E-state index in [4.69, 9.17) is 0 Å². The van der Waals surface area contributed by atoms with Gasteiger partial charge in [-0.15, -0.1) is 0 Å². The lowest BCUT2D eigenvalue weighted by Crippen LogP contribution is -2.11. The molecule has 0 atom stereocenters. The van der Waals surface area contributed by atoms with Crippen molar-refractivity contribution in [2.75, 3.05) is 5.32 Å². The molecule has 2 aromatic carbocycles. The largest absolute Gasteiger partial charge is 0.341 e. The van der Waals surface area contributed by atoms with Crippen LogP contribution in [0.1, 0.15) is 20.8 Å². The molecule has 1 amide bonds. The van der Waals surface area contributed by atoms with Gasteiger partial charge in [0.15, 0.2) is 6.29 Å². The first-order chi connectivity index (χ1) is 10.6. The molecule has 0 aliphatic carbocycles. The van der Waals surface area contributed by atoms with Crippen molar-refractivity contribution >= 4 is 44.7 Å². The van der Waals surface area contributed by atoms with Crippen molar-refractivity contribution in [3.63, 3.8) is 0 Å². The Bertz CT molecular complexity index is 866. The molecule has 1 heterocycles. The Balaban J connectivity index is 1.89. The number of aldehydes is 1. The van der Waals surface area contributed by atoms with Crippen molar-refractivity contribution in [3.8, 4) is 0 Å². The van der Waals surface area contributed by atoms with Gasteiger partial charge in [0.25, 0.3) is 5.91 Å². The summed E-state index contributed by atoms with van der Waals surface area (Å²) in [4.78, 5) is 23.2. The summed E-state index contributed by atoms with van der Waals surface area (Å²) in [5, 5.41) is 3.78. The van der Waals surface area contributed by atoms with Crippen LogP contribution in [0.2, 0.25) is 0 Å². The van der Waals surface area contributed by atoms with Gasteiger partial charge in [-0.1, -0.05) is 15.9 Å². The van der Waals surface area contributed by atoms with Crippen LogP contribution < -0.4 is 5.32 Å². The lowest BCUT2D eigenvalue weighted by molar-refractivity contribution is 0.102. The molecular formula is C17H13BrN2O2. The molecule has 0 aliphatic rings. The summed E-state index contributed by atoms with van der Waals surface area (Å²) in [5.74, 6) is -0.168. The van der Waals surface area contributed by atoms with Crippen LogP contribution in [0.15, 0.2) is 53.0 Å². The van der Waals surface area contributed by atoms with Crippen molar-refractivity contribution < 1.29 is 9.59 Å². The molecule has 5 heteroatoms. The quantitative estimate of drug-likeness (QED) is 0.721. The van der Waals surface area contributed by atoms with Crippen LogP contribution in [0.5, 0.6) is 0 Å². The fraction of sp³-hybridized carbons (Fsp3) is 0.0588. The summed E-state index contributed by atoms with van der Waals surface area (Å²) in [6, 6.07) is 14.5. The zero-order chi connectivity index (χ0) is 15.7. The number of aryl methyl sites for hydroxylation is 1. The monoisotopic (exact) mass is 356 g/mol. The molecule has 0 unspecified atom stereocenters. The Kier molecular flexibility index (Phi) is 3.81. The van der Waals surface area contributed by atoms with Crippen molar-refractivity contribution in [3.05, 3.63) is 64.3 Å². The van der Waals surface area contributed by atoms with Gasteiger partial charge in [-0.3, -0.25) is 9.59 Å². The number of fused-ring (bicyclic) bond motifs is 1. The normalized spacial score (nSPS) is 10.6. The lowest BCUT2D eigenvalue weighted by Gasteiger charge is -2.06. The highest BCUT2D eigenvalue weighted by Crippen LogP contribution is 2.22. The van der Waals surface area contributed by atoms with E-state index in [0.717, 1.165) is 21.7 Å². The van der Waals surface area contributed by atoms with Crippen LogP contribution in [0.25, 0.3) is 10.9 Å². The third kappa shape index (κ3) is 2.67. The van der Waals surface area contributed by atoms with Gasteiger partial charge in [0.05, 0.1) is 5.69 Å². The fourth-order valence-corrected chi connectivity index (χ4v) is 2.63. The summed E-state index contributed by atoms with van der Waals surface area (Å²) in [7, 11) is 1.84. The highest BCUT2D eigenvalue weighted by atomic mass is 79.9. The molecule has 0 bridgehead atoms. The summed E-state index contributed by atoms with van der Waals surface area (Å²) in [6.07, 6.45) is 0.820. The predicted molar refractivity (Wildman–Crippen MR) is 90.4 cm³/mol. The second-order valence-electron chi connectivity index (χ2n) is 4.98. The van der Waals surface area contributed by atoms with E-state index in [9.17, 15) is 9.59 Å². The Morgan fingerprint density at radius 1 is 1.14 bits per heavy atom. The summed E-state index contributed by atoms with van der Waals surface area (Å²) >= 11 is 3.34. The molecule has 0 fully saturated rings. The number of carbonyl (C=O) groups is 2. The Morgan fingerprint density at radius 2 is 1.86 bits per heavy atom. The molecule has 1 N–H and O–H groups in total. The number of halogens is 1. The number of amides is 1. The molecule has 3 rings (SSSR count). The molecular weight excluding hydrogens is 344 g/mol. The van der Waals surface area contributed by atoms with E-state index in [1.54, 1.807) is 18.2 Å². The number of hydrogen-bond donors (Lipinski definition) is 1. The number of nitrogens with one attached hydrogen (secondary N) is 1. The smallest absolute Gasteiger partial charge is 0.255 e. The van der Waals surface area contributed by atoms with E-state index in [1.165, 1.54) is 0 Å². The maximum atomic E-state index is 12.2.